The van der Waals surface area contributed by atoms with Crippen LogP contribution in [-0.4, -0.2) is 72.6 Å². The number of methoxy groups -OCH3 is 1. The molecule has 0 aliphatic carbocycles. The first-order valence-electron chi connectivity index (χ1n) is 13.6. The van der Waals surface area contributed by atoms with Crippen molar-refractivity contribution >= 4 is 29.5 Å². The summed E-state index contributed by atoms with van der Waals surface area (Å²) in [5, 5.41) is 14.8. The van der Waals surface area contributed by atoms with Gasteiger partial charge in [-0.1, -0.05) is 6.07 Å². The van der Waals surface area contributed by atoms with E-state index >= 15 is 0 Å². The molecule has 2 aromatic carbocycles. The summed E-state index contributed by atoms with van der Waals surface area (Å²) in [5.74, 6) is -0.227. The van der Waals surface area contributed by atoms with Gasteiger partial charge < -0.3 is 34.1 Å². The van der Waals surface area contributed by atoms with Gasteiger partial charge in [0.25, 0.3) is 0 Å². The Balaban J connectivity index is 1.50. The number of fused-ring (bicyclic) bond motifs is 9. The number of ketones is 1. The molecule has 3 unspecified atom stereocenters. The summed E-state index contributed by atoms with van der Waals surface area (Å²) < 4.78 is 28.9. The van der Waals surface area contributed by atoms with Gasteiger partial charge in [-0.05, 0) is 31.4 Å². The smallest absolute Gasteiger partial charge is 0.375 e. The van der Waals surface area contributed by atoms with Gasteiger partial charge in [-0.15, -0.1) is 11.8 Å². The molecule has 0 spiro atoms. The number of nitrogens with zero attached hydrogens (tertiary/aromatic N) is 1. The highest BCUT2D eigenvalue weighted by molar-refractivity contribution is 8.00. The lowest BCUT2D eigenvalue weighted by atomic mass is 9.74. The number of esters is 2. The van der Waals surface area contributed by atoms with Crippen molar-refractivity contribution in [1.29, 1.82) is 0 Å². The monoisotopic (exact) mass is 582 g/mol. The molecule has 5 heterocycles. The average molecular weight is 583 g/mol. The summed E-state index contributed by atoms with van der Waals surface area (Å²) in [5.41, 5.74) is 4.72. The summed E-state index contributed by atoms with van der Waals surface area (Å²) in [6.45, 7) is 5.60. The largest absolute Gasteiger partial charge is 0.504 e. The van der Waals surface area contributed by atoms with Crippen LogP contribution in [0.1, 0.15) is 57.6 Å². The Labute approximate surface area is 240 Å². The zero-order valence-corrected chi connectivity index (χ0v) is 23.9. The fourth-order valence-corrected chi connectivity index (χ4v) is 8.65. The van der Waals surface area contributed by atoms with Gasteiger partial charge in [0, 0.05) is 47.8 Å². The van der Waals surface area contributed by atoms with Crippen molar-refractivity contribution < 1.29 is 43.2 Å². The number of hydrogen-bond acceptors (Lipinski definition) is 12. The van der Waals surface area contributed by atoms with E-state index in [0.717, 1.165) is 27.8 Å². The zero-order valence-electron chi connectivity index (χ0n) is 23.1. The van der Waals surface area contributed by atoms with E-state index in [9.17, 15) is 19.5 Å². The van der Waals surface area contributed by atoms with Gasteiger partial charge in [0.1, 0.15) is 12.4 Å². The summed E-state index contributed by atoms with van der Waals surface area (Å²) in [4.78, 5) is 40.1. The highest BCUT2D eigenvalue weighted by Gasteiger charge is 2.55. The number of aryl methyl sites for hydroxylation is 1. The predicted octanol–water partition coefficient (Wildman–Crippen LogP) is 2.57. The lowest BCUT2D eigenvalue weighted by Gasteiger charge is -2.57. The van der Waals surface area contributed by atoms with E-state index in [1.165, 1.54) is 25.8 Å². The zero-order chi connectivity index (χ0) is 28.7. The number of phenols is 1. The molecule has 4 bridgehead atoms. The van der Waals surface area contributed by atoms with Crippen LogP contribution in [0.4, 0.5) is 0 Å². The Kier molecular flexibility index (Phi) is 6.14. The van der Waals surface area contributed by atoms with Crippen molar-refractivity contribution in [2.24, 2.45) is 0 Å². The molecule has 0 radical (unpaired) electrons. The van der Waals surface area contributed by atoms with Gasteiger partial charge in [0.05, 0.1) is 30.2 Å². The molecule has 0 amide bonds. The van der Waals surface area contributed by atoms with E-state index < -0.39 is 29.0 Å². The molecule has 11 nitrogen and oxygen atoms in total. The number of aromatic hydroxyl groups is 1. The number of phenolic OH excluding ortho intramolecular Hbond substituents is 1. The van der Waals surface area contributed by atoms with E-state index in [-0.39, 0.29) is 43.0 Å². The standard InChI is InChI=1S/C29H30N2O9S/c1-11-5-14-6-15-7-31-16-8-37-29(35)17(33)9-41-28(22(31)21(30-15)18(14)23(34)24(11)36-4)20-19(16)27-26(38-10-39-27)12(2)25(20)40-13(3)32/h5,15-16,21-22,28,30,34H,6-10H2,1-4H3/t15?,16-,21?,22?,28+/m0/s1. The van der Waals surface area contributed by atoms with Crippen molar-refractivity contribution in [3.05, 3.63) is 39.4 Å². The van der Waals surface area contributed by atoms with Gasteiger partial charge in [-0.25, -0.2) is 4.79 Å². The second kappa shape index (κ2) is 9.53. The highest BCUT2D eigenvalue weighted by atomic mass is 32.2. The van der Waals surface area contributed by atoms with Crippen molar-refractivity contribution in [1.82, 2.24) is 10.2 Å². The molecule has 2 fully saturated rings. The van der Waals surface area contributed by atoms with Crippen LogP contribution < -0.4 is 24.3 Å². The van der Waals surface area contributed by atoms with E-state index in [2.05, 4.69) is 16.3 Å². The van der Waals surface area contributed by atoms with Crippen molar-refractivity contribution in [2.45, 2.75) is 56.6 Å². The maximum Gasteiger partial charge on any atom is 0.375 e. The summed E-state index contributed by atoms with van der Waals surface area (Å²) >= 11 is 1.30. The fourth-order valence-electron chi connectivity index (χ4n) is 7.29. The molecule has 12 heteroatoms. The van der Waals surface area contributed by atoms with Crippen LogP contribution in [0.15, 0.2) is 6.07 Å². The molecule has 0 saturated carbocycles. The Morgan fingerprint density at radius 2 is 1.90 bits per heavy atom. The van der Waals surface area contributed by atoms with Crippen molar-refractivity contribution in [3.8, 4) is 28.7 Å². The van der Waals surface area contributed by atoms with Gasteiger partial charge in [-0.2, -0.15) is 0 Å². The van der Waals surface area contributed by atoms with E-state index in [0.29, 0.717) is 41.5 Å². The molecule has 2 aromatic rings. The number of thioether (sulfide) groups is 1. The number of cyclic esters (lactones) is 1. The number of piperazine rings is 1. The molecular weight excluding hydrogens is 552 g/mol. The molecule has 2 N–H and O–H groups in total. The molecular formula is C29H30N2O9S. The Hall–Kier alpha value is -3.48. The number of carbonyl (C=O) groups excluding carboxylic acids is 3. The van der Waals surface area contributed by atoms with Gasteiger partial charge in [-0.3, -0.25) is 14.5 Å². The minimum Gasteiger partial charge on any atom is -0.504 e. The third kappa shape index (κ3) is 3.84. The molecule has 41 heavy (non-hydrogen) atoms. The lowest BCUT2D eigenvalue weighted by Crippen LogP contribution is -2.64. The van der Waals surface area contributed by atoms with Gasteiger partial charge in [0.2, 0.25) is 12.6 Å². The molecule has 5 aliphatic rings. The minimum atomic E-state index is -0.872. The lowest BCUT2D eigenvalue weighted by molar-refractivity contribution is -0.155. The van der Waals surface area contributed by atoms with Crippen molar-refractivity contribution in [2.75, 3.05) is 32.8 Å². The number of carbonyl (C=O) groups is 3. The number of Topliss-reactive ketones (excluding diaryl/α,β-unsaturated/α-hetero) is 1. The number of hydrogen-bond donors (Lipinski definition) is 2. The molecule has 2 saturated heterocycles. The predicted molar refractivity (Wildman–Crippen MR) is 146 cm³/mol. The number of nitrogens with one attached hydrogen (secondary N) is 1. The van der Waals surface area contributed by atoms with E-state index in [1.807, 2.05) is 13.8 Å². The first-order valence-corrected chi connectivity index (χ1v) is 14.6. The molecule has 5 aliphatic heterocycles. The highest BCUT2D eigenvalue weighted by Crippen LogP contribution is 2.61. The Bertz CT molecular complexity index is 1520. The Morgan fingerprint density at radius 1 is 1.12 bits per heavy atom. The maximum atomic E-state index is 12.8. The van der Waals surface area contributed by atoms with Crippen LogP contribution in [0.2, 0.25) is 0 Å². The average Bonchev–Trinajstić information content (AvgIpc) is 3.42. The van der Waals surface area contributed by atoms with Crippen LogP contribution in [-0.2, 0) is 25.5 Å². The van der Waals surface area contributed by atoms with Crippen LogP contribution in [0.5, 0.6) is 28.7 Å². The quantitative estimate of drug-likeness (QED) is 0.306. The summed E-state index contributed by atoms with van der Waals surface area (Å²) in [7, 11) is 1.54. The normalized spacial score (nSPS) is 27.9. The third-order valence-electron chi connectivity index (χ3n) is 8.76. The van der Waals surface area contributed by atoms with E-state index in [4.69, 9.17) is 23.7 Å². The fraction of sp³-hybridized carbons (Fsp3) is 0.483. The Morgan fingerprint density at radius 3 is 2.66 bits per heavy atom. The SMILES string of the molecule is COc1c(C)cc2c(c1O)C1NC(C2)CN2C1[C@@H]1SCC(=O)C(=O)OC[C@H]2c2c3c(c(C)c(OC(C)=O)c21)OCO3. The third-order valence-corrected chi connectivity index (χ3v) is 10.1. The molecule has 0 aromatic heterocycles. The van der Waals surface area contributed by atoms with Crippen LogP contribution in [0.25, 0.3) is 0 Å². The van der Waals surface area contributed by atoms with Crippen LogP contribution >= 0.6 is 11.8 Å². The second-order valence-corrected chi connectivity index (χ2v) is 12.2. The number of benzene rings is 2. The maximum absolute atomic E-state index is 12.8. The molecule has 7 rings (SSSR count). The van der Waals surface area contributed by atoms with Gasteiger partial charge >= 0.3 is 11.9 Å². The minimum absolute atomic E-state index is 0.00552. The van der Waals surface area contributed by atoms with Crippen LogP contribution in [0.3, 0.4) is 0 Å². The van der Waals surface area contributed by atoms with Crippen molar-refractivity contribution in [3.63, 3.8) is 0 Å². The second-order valence-electron chi connectivity index (χ2n) is 11.1. The first kappa shape index (κ1) is 26.4. The number of ether oxygens (including phenoxy) is 5. The van der Waals surface area contributed by atoms with E-state index in [1.54, 1.807) is 0 Å². The van der Waals surface area contributed by atoms with Gasteiger partial charge in [0.15, 0.2) is 23.0 Å². The topological polar surface area (TPSA) is 133 Å². The molecule has 5 atom stereocenters. The first-order chi connectivity index (χ1) is 19.7. The summed E-state index contributed by atoms with van der Waals surface area (Å²) in [6.07, 6.45) is 0.688. The molecule has 216 valence electrons. The van der Waals surface area contributed by atoms with Crippen LogP contribution in [0, 0.1) is 13.8 Å². The number of rotatable bonds is 2. The summed E-state index contributed by atoms with van der Waals surface area (Å²) in [6, 6.07) is 0.928.